The summed E-state index contributed by atoms with van der Waals surface area (Å²) in [5.41, 5.74) is 1.21. The summed E-state index contributed by atoms with van der Waals surface area (Å²) in [6, 6.07) is 9.70. The topological polar surface area (TPSA) is 64.6 Å². The van der Waals surface area contributed by atoms with E-state index in [1.54, 1.807) is 6.07 Å². The Kier molecular flexibility index (Phi) is 9.85. The predicted molar refractivity (Wildman–Crippen MR) is 122 cm³/mol. The van der Waals surface area contributed by atoms with E-state index >= 15 is 0 Å². The zero-order valence-corrected chi connectivity index (χ0v) is 19.3. The lowest BCUT2D eigenvalue weighted by atomic mass is 10.1. The Morgan fingerprint density at radius 3 is 2.32 bits per heavy atom. The lowest BCUT2D eigenvalue weighted by molar-refractivity contribution is -0.119. The number of thioether (sulfide) groups is 1. The van der Waals surface area contributed by atoms with Crippen molar-refractivity contribution < 1.29 is 23.5 Å². The number of halogens is 1. The summed E-state index contributed by atoms with van der Waals surface area (Å²) in [5, 5.41) is 2.93. The first-order valence-corrected chi connectivity index (χ1v) is 11.5. The molecule has 1 N–H and O–H groups in total. The second-order valence-electron chi connectivity index (χ2n) is 7.18. The summed E-state index contributed by atoms with van der Waals surface area (Å²) >= 11 is 1.10. The van der Waals surface area contributed by atoms with Gasteiger partial charge in [-0.1, -0.05) is 26.0 Å². The maximum absolute atomic E-state index is 14.1. The van der Waals surface area contributed by atoms with Gasteiger partial charge in [0, 0.05) is 10.5 Å². The molecule has 2 aromatic carbocycles. The van der Waals surface area contributed by atoms with E-state index in [0.717, 1.165) is 30.2 Å². The fraction of sp³-hybridized carbons (Fsp3) is 0.417. The monoisotopic (exact) mass is 447 g/mol. The van der Waals surface area contributed by atoms with Crippen molar-refractivity contribution in [2.24, 2.45) is 0 Å². The Labute approximate surface area is 187 Å². The molecular formula is C24H30FNO4S. The van der Waals surface area contributed by atoms with Crippen molar-refractivity contribution in [3.63, 3.8) is 0 Å². The summed E-state index contributed by atoms with van der Waals surface area (Å²) in [5.74, 6) is 0.509. The number of Topliss-reactive ketones (excluding diaryl/α,β-unsaturated/α-hetero) is 1. The van der Waals surface area contributed by atoms with E-state index in [0.29, 0.717) is 35.2 Å². The van der Waals surface area contributed by atoms with Gasteiger partial charge < -0.3 is 14.8 Å². The predicted octanol–water partition coefficient (Wildman–Crippen LogP) is 5.58. The largest absolute Gasteiger partial charge is 0.490 e. The van der Waals surface area contributed by atoms with Crippen molar-refractivity contribution in [3.8, 4) is 11.5 Å². The summed E-state index contributed by atoms with van der Waals surface area (Å²) in [7, 11) is 0. The van der Waals surface area contributed by atoms with E-state index < -0.39 is 5.82 Å². The zero-order valence-electron chi connectivity index (χ0n) is 18.5. The summed E-state index contributed by atoms with van der Waals surface area (Å²) < 4.78 is 25.7. The second kappa shape index (κ2) is 12.3. The first kappa shape index (κ1) is 24.7. The van der Waals surface area contributed by atoms with Crippen molar-refractivity contribution in [1.82, 2.24) is 5.32 Å². The van der Waals surface area contributed by atoms with Crippen LogP contribution in [0.15, 0.2) is 41.3 Å². The van der Waals surface area contributed by atoms with Gasteiger partial charge in [-0.25, -0.2) is 4.39 Å². The van der Waals surface area contributed by atoms with Crippen LogP contribution in [0.25, 0.3) is 0 Å². The number of hydrogen-bond acceptors (Lipinski definition) is 5. The number of amides is 1. The lowest BCUT2D eigenvalue weighted by Gasteiger charge is -2.18. The van der Waals surface area contributed by atoms with Crippen molar-refractivity contribution in [3.05, 3.63) is 53.3 Å². The number of nitrogens with one attached hydrogen (secondary N) is 1. The van der Waals surface area contributed by atoms with Gasteiger partial charge in [0.1, 0.15) is 5.82 Å². The van der Waals surface area contributed by atoms with E-state index in [1.165, 1.54) is 19.1 Å². The average molecular weight is 448 g/mol. The van der Waals surface area contributed by atoms with Gasteiger partial charge in [-0.05, 0) is 56.5 Å². The minimum atomic E-state index is -0.501. The molecule has 0 heterocycles. The fourth-order valence-corrected chi connectivity index (χ4v) is 3.53. The maximum atomic E-state index is 14.1. The number of rotatable bonds is 12. The molecule has 0 aliphatic carbocycles. The first-order valence-electron chi connectivity index (χ1n) is 10.5. The van der Waals surface area contributed by atoms with Crippen LogP contribution in [0.1, 0.15) is 62.5 Å². The van der Waals surface area contributed by atoms with Gasteiger partial charge in [0.2, 0.25) is 5.91 Å². The van der Waals surface area contributed by atoms with E-state index in [1.807, 2.05) is 39.0 Å². The van der Waals surface area contributed by atoms with Crippen LogP contribution in [-0.2, 0) is 4.79 Å². The highest BCUT2D eigenvalue weighted by Gasteiger charge is 2.15. The summed E-state index contributed by atoms with van der Waals surface area (Å²) in [4.78, 5) is 24.1. The number of carbonyl (C=O) groups is 2. The Morgan fingerprint density at radius 2 is 1.71 bits per heavy atom. The molecule has 7 heteroatoms. The minimum absolute atomic E-state index is 0.0670. The highest BCUT2D eigenvalue weighted by molar-refractivity contribution is 8.00. The van der Waals surface area contributed by atoms with Crippen LogP contribution in [0.2, 0.25) is 0 Å². The van der Waals surface area contributed by atoms with Gasteiger partial charge >= 0.3 is 0 Å². The minimum Gasteiger partial charge on any atom is -0.490 e. The quantitative estimate of drug-likeness (QED) is 0.340. The summed E-state index contributed by atoms with van der Waals surface area (Å²) in [6.07, 6.45) is 1.78. The maximum Gasteiger partial charge on any atom is 0.230 e. The van der Waals surface area contributed by atoms with Crippen molar-refractivity contribution in [1.29, 1.82) is 0 Å². The molecule has 0 saturated carbocycles. The summed E-state index contributed by atoms with van der Waals surface area (Å²) in [6.45, 7) is 8.54. The Morgan fingerprint density at radius 1 is 1.03 bits per heavy atom. The van der Waals surface area contributed by atoms with Gasteiger partial charge in [0.25, 0.3) is 0 Å². The third kappa shape index (κ3) is 7.58. The van der Waals surface area contributed by atoms with E-state index in [-0.39, 0.29) is 23.5 Å². The Balaban J connectivity index is 1.99. The van der Waals surface area contributed by atoms with Gasteiger partial charge in [-0.3, -0.25) is 9.59 Å². The molecule has 2 rings (SSSR count). The van der Waals surface area contributed by atoms with Crippen LogP contribution in [0.3, 0.4) is 0 Å². The van der Waals surface area contributed by atoms with Crippen LogP contribution in [0.5, 0.6) is 11.5 Å². The molecule has 168 valence electrons. The molecule has 31 heavy (non-hydrogen) atoms. The van der Waals surface area contributed by atoms with E-state index in [4.69, 9.17) is 9.47 Å². The molecule has 5 nitrogen and oxygen atoms in total. The molecule has 1 atom stereocenters. The molecule has 0 aliphatic rings. The molecule has 2 aromatic rings. The normalized spacial score (nSPS) is 11.6. The highest BCUT2D eigenvalue weighted by atomic mass is 32.2. The smallest absolute Gasteiger partial charge is 0.230 e. The second-order valence-corrected chi connectivity index (χ2v) is 8.20. The molecule has 0 aliphatic heterocycles. The standard InChI is InChI=1S/C24H30FNO4S/c1-5-11-29-21-9-7-18(14-22(21)30-12-6-2)16(3)26-24(28)15-31-23-10-8-19(17(4)27)13-20(23)25/h7-10,13-14,16H,5-6,11-12,15H2,1-4H3,(H,26,28). The third-order valence-electron chi connectivity index (χ3n) is 4.47. The number of ketones is 1. The number of ether oxygens (including phenoxy) is 2. The molecule has 0 aromatic heterocycles. The van der Waals surface area contributed by atoms with Crippen molar-refractivity contribution in [2.45, 2.75) is 51.5 Å². The number of carbonyl (C=O) groups excluding carboxylic acids is 2. The molecule has 0 saturated heterocycles. The molecular weight excluding hydrogens is 417 g/mol. The Bertz CT molecular complexity index is 903. The SMILES string of the molecule is CCCOc1ccc(C(C)NC(=O)CSc2ccc(C(C)=O)cc2F)cc1OCCC. The van der Waals surface area contributed by atoms with E-state index in [9.17, 15) is 14.0 Å². The van der Waals surface area contributed by atoms with Gasteiger partial charge in [-0.15, -0.1) is 11.8 Å². The van der Waals surface area contributed by atoms with Gasteiger partial charge in [0.15, 0.2) is 17.3 Å². The molecule has 1 unspecified atom stereocenters. The third-order valence-corrected chi connectivity index (χ3v) is 5.51. The number of hydrogen-bond donors (Lipinski definition) is 1. The molecule has 0 fully saturated rings. The van der Waals surface area contributed by atoms with Crippen molar-refractivity contribution >= 4 is 23.5 Å². The molecule has 0 radical (unpaired) electrons. The first-order chi connectivity index (χ1) is 14.8. The van der Waals surface area contributed by atoms with Crippen LogP contribution in [0, 0.1) is 5.82 Å². The molecule has 1 amide bonds. The highest BCUT2D eigenvalue weighted by Crippen LogP contribution is 2.31. The van der Waals surface area contributed by atoms with Crippen LogP contribution in [0.4, 0.5) is 4.39 Å². The number of benzene rings is 2. The van der Waals surface area contributed by atoms with Crippen molar-refractivity contribution in [2.75, 3.05) is 19.0 Å². The lowest BCUT2D eigenvalue weighted by Crippen LogP contribution is -2.28. The van der Waals surface area contributed by atoms with Gasteiger partial charge in [0.05, 0.1) is 25.0 Å². The van der Waals surface area contributed by atoms with Crippen LogP contribution < -0.4 is 14.8 Å². The van der Waals surface area contributed by atoms with E-state index in [2.05, 4.69) is 5.32 Å². The average Bonchev–Trinajstić information content (AvgIpc) is 2.75. The zero-order chi connectivity index (χ0) is 22.8. The fourth-order valence-electron chi connectivity index (χ4n) is 2.80. The van der Waals surface area contributed by atoms with Crippen LogP contribution in [-0.4, -0.2) is 30.7 Å². The van der Waals surface area contributed by atoms with Crippen LogP contribution >= 0.6 is 11.8 Å². The molecule has 0 spiro atoms. The molecule has 0 bridgehead atoms. The van der Waals surface area contributed by atoms with Gasteiger partial charge in [-0.2, -0.15) is 0 Å². The Hall–Kier alpha value is -2.54.